The molecule has 0 bridgehead atoms. The number of ether oxygens (including phenoxy) is 1. The minimum atomic E-state index is -0.281. The molecule has 1 atom stereocenters. The molecule has 0 unspecified atom stereocenters. The van der Waals surface area contributed by atoms with Crippen LogP contribution >= 0.6 is 23.2 Å². The zero-order chi connectivity index (χ0) is 11.6. The fraction of sp³-hybridized carbons (Fsp3) is 0.364. The molecule has 0 aliphatic carbocycles. The van der Waals surface area contributed by atoms with Crippen molar-refractivity contribution in [2.24, 2.45) is 0 Å². The minimum absolute atomic E-state index is 0.281. The van der Waals surface area contributed by atoms with Crippen LogP contribution in [0.5, 0.6) is 5.75 Å². The van der Waals surface area contributed by atoms with Crippen LogP contribution in [0.3, 0.4) is 0 Å². The molecular formula is C11H12Cl2O2. The highest BCUT2D eigenvalue weighted by Gasteiger charge is 2.19. The van der Waals surface area contributed by atoms with Gasteiger partial charge >= 0.3 is 0 Å². The molecule has 82 valence electrons. The highest BCUT2D eigenvalue weighted by molar-refractivity contribution is 6.36. The van der Waals surface area contributed by atoms with E-state index >= 15 is 0 Å². The molecule has 1 aromatic carbocycles. The number of aldehydes is 1. The summed E-state index contributed by atoms with van der Waals surface area (Å²) in [5.74, 6) is 0.245. The maximum absolute atomic E-state index is 10.8. The number of hydrogen-bond acceptors (Lipinski definition) is 2. The van der Waals surface area contributed by atoms with Crippen LogP contribution in [0.4, 0.5) is 0 Å². The van der Waals surface area contributed by atoms with Crippen LogP contribution in [0.25, 0.3) is 0 Å². The Kier molecular flexibility index (Phi) is 4.00. The lowest BCUT2D eigenvalue weighted by Crippen LogP contribution is -2.02. The predicted octanol–water partition coefficient (Wildman–Crippen LogP) is 3.61. The number of carbonyl (C=O) groups excluding carboxylic acids is 1. The third-order valence-corrected chi connectivity index (χ3v) is 3.01. The molecular weight excluding hydrogens is 235 g/mol. The Hall–Kier alpha value is -0.730. The molecule has 0 fully saturated rings. The van der Waals surface area contributed by atoms with Crippen LogP contribution in [-0.4, -0.2) is 13.4 Å². The van der Waals surface area contributed by atoms with E-state index in [4.69, 9.17) is 27.9 Å². The molecule has 0 N–H and O–H groups in total. The Labute approximate surface area is 99.1 Å². The molecule has 0 saturated heterocycles. The van der Waals surface area contributed by atoms with Crippen LogP contribution < -0.4 is 4.74 Å². The zero-order valence-corrected chi connectivity index (χ0v) is 10.3. The van der Waals surface area contributed by atoms with E-state index in [9.17, 15) is 4.79 Å². The largest absolute Gasteiger partial charge is 0.495 e. The van der Waals surface area contributed by atoms with E-state index in [0.717, 1.165) is 17.4 Å². The summed E-state index contributed by atoms with van der Waals surface area (Å²) < 4.78 is 5.19. The third kappa shape index (κ3) is 2.27. The van der Waals surface area contributed by atoms with E-state index in [1.807, 2.05) is 6.92 Å². The first-order chi connectivity index (χ1) is 7.02. The molecule has 2 nitrogen and oxygen atoms in total. The monoisotopic (exact) mass is 246 g/mol. The van der Waals surface area contributed by atoms with Gasteiger partial charge in [0, 0.05) is 16.5 Å². The van der Waals surface area contributed by atoms with Crippen molar-refractivity contribution in [2.75, 3.05) is 7.11 Å². The van der Waals surface area contributed by atoms with Crippen molar-refractivity contribution < 1.29 is 9.53 Å². The second-order valence-electron chi connectivity index (χ2n) is 3.34. The second kappa shape index (κ2) is 4.86. The Morgan fingerprint density at radius 3 is 2.47 bits per heavy atom. The fourth-order valence-corrected chi connectivity index (χ4v) is 2.09. The highest BCUT2D eigenvalue weighted by atomic mass is 35.5. The molecule has 0 aromatic heterocycles. The van der Waals surface area contributed by atoms with Crippen LogP contribution in [0.1, 0.15) is 24.0 Å². The first kappa shape index (κ1) is 12.3. The average molecular weight is 247 g/mol. The van der Waals surface area contributed by atoms with Gasteiger partial charge < -0.3 is 9.53 Å². The lowest BCUT2D eigenvalue weighted by Gasteiger charge is -2.16. The molecule has 0 spiro atoms. The quantitative estimate of drug-likeness (QED) is 0.762. The zero-order valence-electron chi connectivity index (χ0n) is 8.80. The average Bonchev–Trinajstić information content (AvgIpc) is 2.21. The first-order valence-corrected chi connectivity index (χ1v) is 5.26. The molecule has 0 heterocycles. The molecule has 0 amide bonds. The second-order valence-corrected chi connectivity index (χ2v) is 4.15. The van der Waals surface area contributed by atoms with E-state index in [2.05, 4.69) is 0 Å². The lowest BCUT2D eigenvalue weighted by atomic mass is 9.96. The van der Waals surface area contributed by atoms with Gasteiger partial charge in [-0.05, 0) is 18.6 Å². The first-order valence-electron chi connectivity index (χ1n) is 4.50. The van der Waals surface area contributed by atoms with E-state index < -0.39 is 0 Å². The minimum Gasteiger partial charge on any atom is -0.495 e. The third-order valence-electron chi connectivity index (χ3n) is 2.34. The molecule has 15 heavy (non-hydrogen) atoms. The molecule has 1 rings (SSSR count). The van der Waals surface area contributed by atoms with Gasteiger partial charge in [0.2, 0.25) is 0 Å². The van der Waals surface area contributed by atoms with Crippen molar-refractivity contribution in [2.45, 2.75) is 19.8 Å². The number of hydrogen-bond donors (Lipinski definition) is 0. The topological polar surface area (TPSA) is 26.3 Å². The van der Waals surface area contributed by atoms with Crippen LogP contribution in [0.2, 0.25) is 10.0 Å². The summed E-state index contributed by atoms with van der Waals surface area (Å²) in [6.45, 7) is 3.63. The summed E-state index contributed by atoms with van der Waals surface area (Å²) in [6.07, 6.45) is 0.845. The van der Waals surface area contributed by atoms with Crippen molar-refractivity contribution in [3.8, 4) is 5.75 Å². The number of halogens is 2. The Bertz CT molecular complexity index is 389. The maximum Gasteiger partial charge on any atom is 0.141 e. The number of carbonyl (C=O) groups is 1. The summed E-state index contributed by atoms with van der Waals surface area (Å²) in [5.41, 5.74) is 1.59. The Morgan fingerprint density at radius 2 is 2.00 bits per heavy atom. The number of rotatable bonds is 3. The van der Waals surface area contributed by atoms with Gasteiger partial charge in [-0.3, -0.25) is 0 Å². The van der Waals surface area contributed by atoms with E-state index in [1.165, 1.54) is 7.11 Å². The van der Waals surface area contributed by atoms with Crippen molar-refractivity contribution in [1.82, 2.24) is 0 Å². The van der Waals surface area contributed by atoms with Crippen molar-refractivity contribution in [3.63, 3.8) is 0 Å². The summed E-state index contributed by atoms with van der Waals surface area (Å²) in [5, 5.41) is 0.973. The van der Waals surface area contributed by atoms with Gasteiger partial charge in [0.25, 0.3) is 0 Å². The van der Waals surface area contributed by atoms with Gasteiger partial charge in [0.15, 0.2) is 0 Å². The highest BCUT2D eigenvalue weighted by Crippen LogP contribution is 2.39. The van der Waals surface area contributed by atoms with Crippen LogP contribution in [0.15, 0.2) is 6.07 Å². The summed E-state index contributed by atoms with van der Waals surface area (Å²) in [4.78, 5) is 10.8. The Morgan fingerprint density at radius 1 is 1.40 bits per heavy atom. The van der Waals surface area contributed by atoms with E-state index in [0.29, 0.717) is 15.8 Å². The molecule has 0 radical (unpaired) electrons. The van der Waals surface area contributed by atoms with E-state index in [1.54, 1.807) is 13.0 Å². The maximum atomic E-state index is 10.8. The van der Waals surface area contributed by atoms with Crippen LogP contribution in [0, 0.1) is 6.92 Å². The van der Waals surface area contributed by atoms with Crippen molar-refractivity contribution in [3.05, 3.63) is 27.2 Å². The molecule has 4 heteroatoms. The molecule has 0 aliphatic heterocycles. The van der Waals surface area contributed by atoms with E-state index in [-0.39, 0.29) is 5.92 Å². The predicted molar refractivity (Wildman–Crippen MR) is 62.2 cm³/mol. The van der Waals surface area contributed by atoms with Crippen molar-refractivity contribution >= 4 is 29.5 Å². The smallest absolute Gasteiger partial charge is 0.141 e. The standard InChI is InChI=1S/C11H12Cl2O2/c1-6(5-14)10-7(2)8(12)4-9(13)11(10)15-3/h4-6H,1-3H3/t6-/m0/s1. The molecule has 1 aromatic rings. The van der Waals surface area contributed by atoms with Gasteiger partial charge in [-0.2, -0.15) is 0 Å². The Balaban J connectivity index is 3.50. The summed E-state index contributed by atoms with van der Waals surface area (Å²) in [7, 11) is 1.52. The fourth-order valence-electron chi connectivity index (χ4n) is 1.54. The summed E-state index contributed by atoms with van der Waals surface area (Å²) in [6, 6.07) is 1.62. The van der Waals surface area contributed by atoms with Gasteiger partial charge in [0.1, 0.15) is 12.0 Å². The number of methoxy groups -OCH3 is 1. The normalized spacial score (nSPS) is 12.3. The van der Waals surface area contributed by atoms with Gasteiger partial charge in [0.05, 0.1) is 12.1 Å². The van der Waals surface area contributed by atoms with Gasteiger partial charge in [-0.1, -0.05) is 30.1 Å². The van der Waals surface area contributed by atoms with Crippen molar-refractivity contribution in [1.29, 1.82) is 0 Å². The summed E-state index contributed by atoms with van der Waals surface area (Å²) >= 11 is 12.0. The lowest BCUT2D eigenvalue weighted by molar-refractivity contribution is -0.108. The van der Waals surface area contributed by atoms with Gasteiger partial charge in [-0.15, -0.1) is 0 Å². The number of benzene rings is 1. The molecule has 0 aliphatic rings. The van der Waals surface area contributed by atoms with Crippen LogP contribution in [-0.2, 0) is 4.79 Å². The SMILES string of the molecule is COc1c(Cl)cc(Cl)c(C)c1[C@@H](C)C=O. The molecule has 0 saturated carbocycles. The van der Waals surface area contributed by atoms with Gasteiger partial charge in [-0.25, -0.2) is 0 Å².